The molecule has 0 unspecified atom stereocenters. The van der Waals surface area contributed by atoms with Crippen molar-refractivity contribution < 1.29 is 14.3 Å². The first-order valence-electron chi connectivity index (χ1n) is 10.0. The van der Waals surface area contributed by atoms with Crippen molar-refractivity contribution in [1.82, 2.24) is 10.2 Å². The van der Waals surface area contributed by atoms with Gasteiger partial charge in [-0.15, -0.1) is 0 Å². The Balaban J connectivity index is 1.54. The molecule has 5 nitrogen and oxygen atoms in total. The van der Waals surface area contributed by atoms with Crippen LogP contribution in [0.3, 0.4) is 0 Å². The molecule has 2 aromatic rings. The summed E-state index contributed by atoms with van der Waals surface area (Å²) in [6, 6.07) is 15.6. The number of nitrogens with zero attached hydrogens (tertiary/aromatic N) is 1. The number of piperidine rings is 1. The number of benzene rings is 2. The molecular formula is C23H30N2O3. The van der Waals surface area contributed by atoms with E-state index >= 15 is 0 Å². The van der Waals surface area contributed by atoms with Gasteiger partial charge in [0.05, 0.1) is 7.11 Å². The summed E-state index contributed by atoms with van der Waals surface area (Å²) < 4.78 is 11.0. The van der Waals surface area contributed by atoms with Crippen LogP contribution in [-0.4, -0.2) is 37.1 Å². The zero-order chi connectivity index (χ0) is 19.8. The zero-order valence-corrected chi connectivity index (χ0v) is 16.8. The second kappa shape index (κ2) is 10.1. The Morgan fingerprint density at radius 3 is 2.50 bits per heavy atom. The summed E-state index contributed by atoms with van der Waals surface area (Å²) in [5, 5.41) is 3.01. The van der Waals surface area contributed by atoms with Gasteiger partial charge in [-0.1, -0.05) is 36.8 Å². The van der Waals surface area contributed by atoms with Gasteiger partial charge in [-0.3, -0.25) is 9.69 Å². The molecule has 1 aliphatic heterocycles. The molecule has 1 N–H and O–H groups in total. The van der Waals surface area contributed by atoms with Crippen molar-refractivity contribution >= 4 is 5.91 Å². The quantitative estimate of drug-likeness (QED) is 0.755. The van der Waals surface area contributed by atoms with Crippen molar-refractivity contribution in [2.45, 2.75) is 45.4 Å². The van der Waals surface area contributed by atoms with Gasteiger partial charge in [-0.25, -0.2) is 0 Å². The van der Waals surface area contributed by atoms with Crippen LogP contribution in [0.15, 0.2) is 48.5 Å². The zero-order valence-electron chi connectivity index (χ0n) is 16.8. The average molecular weight is 383 g/mol. The Morgan fingerprint density at radius 2 is 1.75 bits per heavy atom. The predicted octanol–water partition coefficient (Wildman–Crippen LogP) is 3.76. The highest BCUT2D eigenvalue weighted by Crippen LogP contribution is 2.20. The molecule has 5 heteroatoms. The third-order valence-electron chi connectivity index (χ3n) is 5.14. The normalized spacial score (nSPS) is 15.6. The highest BCUT2D eigenvalue weighted by Gasteiger charge is 2.16. The number of ether oxygens (including phenoxy) is 2. The molecule has 0 aliphatic carbocycles. The van der Waals surface area contributed by atoms with E-state index in [1.165, 1.54) is 24.8 Å². The number of methoxy groups -OCH3 is 1. The summed E-state index contributed by atoms with van der Waals surface area (Å²) in [4.78, 5) is 15.0. The smallest absolute Gasteiger partial charge is 0.261 e. The molecule has 1 heterocycles. The monoisotopic (exact) mass is 382 g/mol. The van der Waals surface area contributed by atoms with E-state index in [-0.39, 0.29) is 5.91 Å². The molecule has 0 radical (unpaired) electrons. The van der Waals surface area contributed by atoms with Gasteiger partial charge in [0.15, 0.2) is 6.10 Å². The third kappa shape index (κ3) is 5.73. The average Bonchev–Trinajstić information content (AvgIpc) is 2.73. The van der Waals surface area contributed by atoms with Crippen LogP contribution in [0.2, 0.25) is 0 Å². The molecule has 2 aromatic carbocycles. The van der Waals surface area contributed by atoms with Crippen molar-refractivity contribution in [3.05, 3.63) is 59.7 Å². The maximum Gasteiger partial charge on any atom is 0.261 e. The predicted molar refractivity (Wildman–Crippen MR) is 111 cm³/mol. The Kier molecular flexibility index (Phi) is 7.31. The molecular weight excluding hydrogens is 352 g/mol. The Hall–Kier alpha value is -2.53. The van der Waals surface area contributed by atoms with Crippen molar-refractivity contribution in [3.8, 4) is 11.5 Å². The standard InChI is InChI=1S/C23H30N2O3/c1-18(28-22-12-8-11-21(15-22)27-2)23(26)24-16-19-9-4-5-10-20(19)17-25-13-6-3-7-14-25/h4-5,8-12,15,18H,3,6-7,13-14,16-17H2,1-2H3,(H,24,26)/t18-/m1/s1. The topological polar surface area (TPSA) is 50.8 Å². The molecule has 1 aliphatic rings. The van der Waals surface area contributed by atoms with Crippen LogP contribution in [0.5, 0.6) is 11.5 Å². The van der Waals surface area contributed by atoms with E-state index in [1.807, 2.05) is 24.3 Å². The van der Waals surface area contributed by atoms with Crippen molar-refractivity contribution in [2.24, 2.45) is 0 Å². The van der Waals surface area contributed by atoms with Gasteiger partial charge < -0.3 is 14.8 Å². The van der Waals surface area contributed by atoms with Gasteiger partial charge in [0.1, 0.15) is 11.5 Å². The van der Waals surface area contributed by atoms with Crippen LogP contribution < -0.4 is 14.8 Å². The maximum absolute atomic E-state index is 12.5. The number of hydrogen-bond acceptors (Lipinski definition) is 4. The summed E-state index contributed by atoms with van der Waals surface area (Å²) in [6.07, 6.45) is 3.30. The van der Waals surface area contributed by atoms with E-state index in [0.29, 0.717) is 18.0 Å². The molecule has 1 atom stereocenters. The first-order chi connectivity index (χ1) is 13.7. The maximum atomic E-state index is 12.5. The number of carbonyl (C=O) groups is 1. The van der Waals surface area contributed by atoms with Gasteiger partial charge in [-0.2, -0.15) is 0 Å². The molecule has 1 fully saturated rings. The van der Waals surface area contributed by atoms with Gasteiger partial charge in [0.2, 0.25) is 0 Å². The number of rotatable bonds is 8. The lowest BCUT2D eigenvalue weighted by molar-refractivity contribution is -0.127. The fraction of sp³-hybridized carbons (Fsp3) is 0.435. The minimum Gasteiger partial charge on any atom is -0.497 e. The molecule has 150 valence electrons. The fourth-order valence-corrected chi connectivity index (χ4v) is 3.50. The molecule has 1 saturated heterocycles. The van der Waals surface area contributed by atoms with Crippen LogP contribution in [0.1, 0.15) is 37.3 Å². The first kappa shape index (κ1) is 20.2. The summed E-state index contributed by atoms with van der Waals surface area (Å²) in [6.45, 7) is 5.53. The van der Waals surface area contributed by atoms with E-state index < -0.39 is 6.10 Å². The number of nitrogens with one attached hydrogen (secondary N) is 1. The Morgan fingerprint density at radius 1 is 1.04 bits per heavy atom. The Bertz CT molecular complexity index is 772. The molecule has 0 bridgehead atoms. The number of likely N-dealkylation sites (tertiary alicyclic amines) is 1. The summed E-state index contributed by atoms with van der Waals surface area (Å²) >= 11 is 0. The summed E-state index contributed by atoms with van der Waals surface area (Å²) in [5.41, 5.74) is 2.45. The van der Waals surface area contributed by atoms with Crippen LogP contribution in [0.4, 0.5) is 0 Å². The number of amides is 1. The molecule has 3 rings (SSSR count). The molecule has 0 aromatic heterocycles. The van der Waals surface area contributed by atoms with Gasteiger partial charge >= 0.3 is 0 Å². The van der Waals surface area contributed by atoms with Crippen molar-refractivity contribution in [2.75, 3.05) is 20.2 Å². The third-order valence-corrected chi connectivity index (χ3v) is 5.14. The minimum absolute atomic E-state index is 0.129. The van der Waals surface area contributed by atoms with Crippen molar-refractivity contribution in [1.29, 1.82) is 0 Å². The second-order valence-corrected chi connectivity index (χ2v) is 7.26. The lowest BCUT2D eigenvalue weighted by Crippen LogP contribution is -2.36. The van der Waals surface area contributed by atoms with Gasteiger partial charge in [-0.05, 0) is 56.1 Å². The van der Waals surface area contributed by atoms with Crippen LogP contribution in [-0.2, 0) is 17.9 Å². The fourth-order valence-electron chi connectivity index (χ4n) is 3.50. The molecule has 28 heavy (non-hydrogen) atoms. The lowest BCUT2D eigenvalue weighted by atomic mass is 10.0. The largest absolute Gasteiger partial charge is 0.497 e. The van der Waals surface area contributed by atoms with E-state index in [0.717, 1.165) is 25.2 Å². The van der Waals surface area contributed by atoms with Gasteiger partial charge in [0.25, 0.3) is 5.91 Å². The Labute approximate surface area is 167 Å². The number of hydrogen-bond donors (Lipinski definition) is 1. The highest BCUT2D eigenvalue weighted by molar-refractivity contribution is 5.80. The van der Waals surface area contributed by atoms with Crippen LogP contribution >= 0.6 is 0 Å². The molecule has 0 spiro atoms. The van der Waals surface area contributed by atoms with E-state index in [2.05, 4.69) is 28.4 Å². The van der Waals surface area contributed by atoms with E-state index in [9.17, 15) is 4.79 Å². The highest BCUT2D eigenvalue weighted by atomic mass is 16.5. The van der Waals surface area contributed by atoms with Crippen molar-refractivity contribution in [3.63, 3.8) is 0 Å². The molecule has 1 amide bonds. The number of carbonyl (C=O) groups excluding carboxylic acids is 1. The SMILES string of the molecule is COc1cccc(O[C@H](C)C(=O)NCc2ccccc2CN2CCCCC2)c1. The molecule has 0 saturated carbocycles. The van der Waals surface area contributed by atoms with Crippen LogP contribution in [0.25, 0.3) is 0 Å². The first-order valence-corrected chi connectivity index (χ1v) is 10.0. The van der Waals surface area contributed by atoms with E-state index in [4.69, 9.17) is 9.47 Å². The van der Waals surface area contributed by atoms with Gasteiger partial charge in [0, 0.05) is 19.2 Å². The lowest BCUT2D eigenvalue weighted by Gasteiger charge is -2.27. The summed E-state index contributed by atoms with van der Waals surface area (Å²) in [7, 11) is 1.61. The van der Waals surface area contributed by atoms with Crippen LogP contribution in [0, 0.1) is 0 Å². The second-order valence-electron chi connectivity index (χ2n) is 7.26. The minimum atomic E-state index is -0.582. The summed E-state index contributed by atoms with van der Waals surface area (Å²) in [5.74, 6) is 1.19. The van der Waals surface area contributed by atoms with E-state index in [1.54, 1.807) is 20.1 Å².